The van der Waals surface area contributed by atoms with E-state index in [2.05, 4.69) is 11.4 Å². The smallest absolute Gasteiger partial charge is 0.317 e. The summed E-state index contributed by atoms with van der Waals surface area (Å²) < 4.78 is 1.45. The highest BCUT2D eigenvalue weighted by Crippen LogP contribution is 2.26. The molecule has 2 amide bonds. The molecule has 0 saturated heterocycles. The van der Waals surface area contributed by atoms with E-state index in [1.165, 1.54) is 16.2 Å². The third kappa shape index (κ3) is 2.88. The predicted molar refractivity (Wildman–Crippen MR) is 87.4 cm³/mol. The van der Waals surface area contributed by atoms with Crippen molar-refractivity contribution in [2.75, 3.05) is 16.8 Å². The standard InChI is InChI=1S/C17H19N3O2/c1-19-12-14(9-10-16(19)21)18-17(22)20-11-5-4-7-13-6-2-3-8-15(13)20/h2-3,6,8-10,12H,4-5,7,11H2,1H3,(H,18,22). The molecule has 0 radical (unpaired) electrons. The van der Waals surface area contributed by atoms with Gasteiger partial charge in [0.2, 0.25) is 5.56 Å². The quantitative estimate of drug-likeness (QED) is 0.880. The number of fused-ring (bicyclic) bond motifs is 1. The van der Waals surface area contributed by atoms with Gasteiger partial charge in [-0.3, -0.25) is 9.69 Å². The summed E-state index contributed by atoms with van der Waals surface area (Å²) in [7, 11) is 1.67. The van der Waals surface area contributed by atoms with Crippen LogP contribution in [0.3, 0.4) is 0 Å². The van der Waals surface area contributed by atoms with Gasteiger partial charge < -0.3 is 9.88 Å². The van der Waals surface area contributed by atoms with Gasteiger partial charge in [-0.05, 0) is 37.0 Å². The lowest BCUT2D eigenvalue weighted by molar-refractivity contribution is 0.257. The number of carbonyl (C=O) groups is 1. The minimum Gasteiger partial charge on any atom is -0.317 e. The third-order valence-electron chi connectivity index (χ3n) is 3.94. The zero-order chi connectivity index (χ0) is 15.5. The van der Waals surface area contributed by atoms with E-state index in [0.717, 1.165) is 24.9 Å². The number of para-hydroxylation sites is 1. The molecule has 2 heterocycles. The fraction of sp³-hybridized carbons (Fsp3) is 0.294. The monoisotopic (exact) mass is 297 g/mol. The normalized spacial score (nSPS) is 14.1. The van der Waals surface area contributed by atoms with Crippen LogP contribution in [-0.4, -0.2) is 17.1 Å². The van der Waals surface area contributed by atoms with Gasteiger partial charge in [0, 0.05) is 31.5 Å². The van der Waals surface area contributed by atoms with Crippen molar-refractivity contribution in [3.8, 4) is 0 Å². The number of hydrogen-bond acceptors (Lipinski definition) is 2. The topological polar surface area (TPSA) is 54.3 Å². The van der Waals surface area contributed by atoms with Gasteiger partial charge in [-0.2, -0.15) is 0 Å². The molecule has 0 unspecified atom stereocenters. The molecule has 114 valence electrons. The highest BCUT2D eigenvalue weighted by atomic mass is 16.2. The van der Waals surface area contributed by atoms with Crippen LogP contribution in [0.1, 0.15) is 18.4 Å². The number of urea groups is 1. The van der Waals surface area contributed by atoms with Gasteiger partial charge in [0.15, 0.2) is 0 Å². The van der Waals surface area contributed by atoms with Crippen LogP contribution in [0.25, 0.3) is 0 Å². The van der Waals surface area contributed by atoms with Gasteiger partial charge >= 0.3 is 6.03 Å². The molecule has 5 nitrogen and oxygen atoms in total. The highest BCUT2D eigenvalue weighted by molar-refractivity contribution is 6.02. The molecule has 1 aromatic heterocycles. The summed E-state index contributed by atoms with van der Waals surface area (Å²) in [5.74, 6) is 0. The van der Waals surface area contributed by atoms with Crippen LogP contribution in [0.4, 0.5) is 16.2 Å². The minimum absolute atomic E-state index is 0.0990. The average molecular weight is 297 g/mol. The molecule has 1 N–H and O–H groups in total. The van der Waals surface area contributed by atoms with E-state index in [-0.39, 0.29) is 11.6 Å². The van der Waals surface area contributed by atoms with E-state index in [9.17, 15) is 9.59 Å². The Morgan fingerprint density at radius 1 is 1.14 bits per heavy atom. The van der Waals surface area contributed by atoms with E-state index >= 15 is 0 Å². The fourth-order valence-corrected chi connectivity index (χ4v) is 2.76. The SMILES string of the molecule is Cn1cc(NC(=O)N2CCCCc3ccccc32)ccc1=O. The lowest BCUT2D eigenvalue weighted by Crippen LogP contribution is -2.36. The van der Waals surface area contributed by atoms with Crippen LogP contribution >= 0.6 is 0 Å². The highest BCUT2D eigenvalue weighted by Gasteiger charge is 2.20. The zero-order valence-corrected chi connectivity index (χ0v) is 12.6. The summed E-state index contributed by atoms with van der Waals surface area (Å²) in [6.45, 7) is 0.703. The number of benzene rings is 1. The van der Waals surface area contributed by atoms with Crippen molar-refractivity contribution in [3.05, 3.63) is 58.5 Å². The molecular weight excluding hydrogens is 278 g/mol. The zero-order valence-electron chi connectivity index (χ0n) is 12.6. The molecule has 5 heteroatoms. The van der Waals surface area contributed by atoms with Gasteiger partial charge in [-0.25, -0.2) is 4.79 Å². The average Bonchev–Trinajstić information content (AvgIpc) is 2.73. The van der Waals surface area contributed by atoms with E-state index in [1.807, 2.05) is 18.2 Å². The molecule has 0 fully saturated rings. The maximum absolute atomic E-state index is 12.6. The molecule has 0 saturated carbocycles. The Hall–Kier alpha value is -2.56. The summed E-state index contributed by atoms with van der Waals surface area (Å²) >= 11 is 0. The Morgan fingerprint density at radius 3 is 2.77 bits per heavy atom. The largest absolute Gasteiger partial charge is 0.326 e. The molecular formula is C17H19N3O2. The maximum Gasteiger partial charge on any atom is 0.326 e. The van der Waals surface area contributed by atoms with Crippen molar-refractivity contribution in [1.29, 1.82) is 0 Å². The first-order valence-corrected chi connectivity index (χ1v) is 7.48. The molecule has 0 aliphatic carbocycles. The number of amides is 2. The predicted octanol–water partition coefficient (Wildman–Crippen LogP) is 2.76. The van der Waals surface area contributed by atoms with Gasteiger partial charge in [0.1, 0.15) is 0 Å². The van der Waals surface area contributed by atoms with Crippen molar-refractivity contribution in [2.24, 2.45) is 7.05 Å². The molecule has 0 bridgehead atoms. The van der Waals surface area contributed by atoms with Crippen molar-refractivity contribution in [1.82, 2.24) is 4.57 Å². The number of pyridine rings is 1. The number of carbonyl (C=O) groups excluding carboxylic acids is 1. The number of rotatable bonds is 1. The molecule has 3 rings (SSSR count). The first kappa shape index (κ1) is 14.4. The van der Waals surface area contributed by atoms with Crippen molar-refractivity contribution in [3.63, 3.8) is 0 Å². The second-order valence-corrected chi connectivity index (χ2v) is 5.53. The Balaban J connectivity index is 1.85. The molecule has 22 heavy (non-hydrogen) atoms. The lowest BCUT2D eigenvalue weighted by atomic mass is 10.1. The van der Waals surface area contributed by atoms with E-state index in [1.54, 1.807) is 24.2 Å². The Morgan fingerprint density at radius 2 is 1.95 bits per heavy atom. The second-order valence-electron chi connectivity index (χ2n) is 5.53. The van der Waals surface area contributed by atoms with E-state index in [0.29, 0.717) is 12.2 Å². The van der Waals surface area contributed by atoms with Crippen LogP contribution in [0, 0.1) is 0 Å². The number of aryl methyl sites for hydroxylation is 2. The maximum atomic E-state index is 12.6. The Bertz CT molecular complexity index is 752. The molecule has 1 aliphatic rings. The van der Waals surface area contributed by atoms with Crippen molar-refractivity contribution >= 4 is 17.4 Å². The van der Waals surface area contributed by atoms with Crippen LogP contribution < -0.4 is 15.8 Å². The van der Waals surface area contributed by atoms with Gasteiger partial charge in [-0.15, -0.1) is 0 Å². The van der Waals surface area contributed by atoms with Gasteiger partial charge in [0.05, 0.1) is 5.69 Å². The number of aromatic nitrogens is 1. The summed E-state index contributed by atoms with van der Waals surface area (Å²) in [5, 5.41) is 2.88. The molecule has 0 spiro atoms. The number of nitrogens with one attached hydrogen (secondary N) is 1. The summed E-state index contributed by atoms with van der Waals surface area (Å²) in [5.41, 5.74) is 2.70. The minimum atomic E-state index is -0.159. The van der Waals surface area contributed by atoms with Crippen molar-refractivity contribution < 1.29 is 4.79 Å². The van der Waals surface area contributed by atoms with Gasteiger partial charge in [-0.1, -0.05) is 18.2 Å². The fourth-order valence-electron chi connectivity index (χ4n) is 2.76. The second kappa shape index (κ2) is 6.05. The van der Waals surface area contributed by atoms with Gasteiger partial charge in [0.25, 0.3) is 0 Å². The van der Waals surface area contributed by atoms with Crippen LogP contribution in [0.5, 0.6) is 0 Å². The molecule has 1 aromatic carbocycles. The van der Waals surface area contributed by atoms with Crippen LogP contribution in [0.15, 0.2) is 47.4 Å². The molecule has 2 aromatic rings. The van der Waals surface area contributed by atoms with E-state index < -0.39 is 0 Å². The summed E-state index contributed by atoms with van der Waals surface area (Å²) in [6.07, 6.45) is 4.69. The first-order chi connectivity index (χ1) is 10.6. The molecule has 1 aliphatic heterocycles. The van der Waals surface area contributed by atoms with Crippen LogP contribution in [0.2, 0.25) is 0 Å². The number of hydrogen-bond donors (Lipinski definition) is 1. The number of anilines is 2. The van der Waals surface area contributed by atoms with E-state index in [4.69, 9.17) is 0 Å². The third-order valence-corrected chi connectivity index (χ3v) is 3.94. The van der Waals surface area contributed by atoms with Crippen molar-refractivity contribution in [2.45, 2.75) is 19.3 Å². The Labute approximate surface area is 129 Å². The lowest BCUT2D eigenvalue weighted by Gasteiger charge is -2.23. The first-order valence-electron chi connectivity index (χ1n) is 7.48. The number of nitrogens with zero attached hydrogens (tertiary/aromatic N) is 2. The summed E-state index contributed by atoms with van der Waals surface area (Å²) in [6, 6.07) is 10.9. The summed E-state index contributed by atoms with van der Waals surface area (Å²) in [4.78, 5) is 25.8. The van der Waals surface area contributed by atoms with Crippen LogP contribution in [-0.2, 0) is 13.5 Å². The Kier molecular flexibility index (Phi) is 3.96. The molecule has 0 atom stereocenters.